The lowest BCUT2D eigenvalue weighted by Gasteiger charge is -2.19. The van der Waals surface area contributed by atoms with E-state index in [1.807, 2.05) is 42.5 Å². The van der Waals surface area contributed by atoms with Crippen molar-refractivity contribution >= 4 is 37.5 Å². The van der Waals surface area contributed by atoms with Crippen molar-refractivity contribution in [3.63, 3.8) is 0 Å². The van der Waals surface area contributed by atoms with Crippen molar-refractivity contribution < 1.29 is 9.84 Å². The molecule has 20 heavy (non-hydrogen) atoms. The first kappa shape index (κ1) is 15.4. The number of aliphatic hydroxyl groups is 1. The van der Waals surface area contributed by atoms with Crippen molar-refractivity contribution in [1.29, 1.82) is 0 Å². The Morgan fingerprint density at radius 2 is 1.85 bits per heavy atom. The molecule has 0 amide bonds. The molecule has 0 aliphatic heterocycles. The summed E-state index contributed by atoms with van der Waals surface area (Å²) in [5, 5.41) is 12.9. The van der Waals surface area contributed by atoms with Crippen LogP contribution in [-0.2, 0) is 0 Å². The highest BCUT2D eigenvalue weighted by Crippen LogP contribution is 2.29. The number of aliphatic hydroxyl groups excluding tert-OH is 1. The summed E-state index contributed by atoms with van der Waals surface area (Å²) in [5.41, 5.74) is 1.95. The highest BCUT2D eigenvalue weighted by Gasteiger charge is 2.12. The van der Waals surface area contributed by atoms with Gasteiger partial charge in [0.1, 0.15) is 5.75 Å². The number of rotatable bonds is 5. The van der Waals surface area contributed by atoms with Gasteiger partial charge >= 0.3 is 0 Å². The van der Waals surface area contributed by atoms with E-state index in [-0.39, 0.29) is 12.6 Å². The fourth-order valence-corrected chi connectivity index (χ4v) is 2.70. The maximum absolute atomic E-state index is 9.59. The van der Waals surface area contributed by atoms with Crippen LogP contribution in [0.3, 0.4) is 0 Å². The first-order valence-electron chi connectivity index (χ1n) is 6.10. The van der Waals surface area contributed by atoms with Crippen LogP contribution in [0.5, 0.6) is 5.75 Å². The van der Waals surface area contributed by atoms with E-state index in [1.54, 1.807) is 7.11 Å². The van der Waals surface area contributed by atoms with Gasteiger partial charge in [0.25, 0.3) is 0 Å². The topological polar surface area (TPSA) is 41.5 Å². The van der Waals surface area contributed by atoms with E-state index in [4.69, 9.17) is 4.74 Å². The Morgan fingerprint density at radius 1 is 1.15 bits per heavy atom. The van der Waals surface area contributed by atoms with Gasteiger partial charge in [-0.2, -0.15) is 0 Å². The molecular formula is C15H15Br2NO2. The highest BCUT2D eigenvalue weighted by atomic mass is 79.9. The Bertz CT molecular complexity index is 573. The lowest BCUT2D eigenvalue weighted by atomic mass is 10.1. The Labute approximate surface area is 135 Å². The predicted octanol–water partition coefficient (Wildman–Crippen LogP) is 4.37. The fourth-order valence-electron chi connectivity index (χ4n) is 1.88. The Balaban J connectivity index is 2.19. The number of hydrogen-bond acceptors (Lipinski definition) is 3. The van der Waals surface area contributed by atoms with Crippen LogP contribution in [0.25, 0.3) is 0 Å². The Kier molecular flexibility index (Phi) is 5.46. The minimum Gasteiger partial charge on any atom is -0.496 e. The number of anilines is 1. The highest BCUT2D eigenvalue weighted by molar-refractivity contribution is 9.10. The van der Waals surface area contributed by atoms with Crippen LogP contribution in [0.4, 0.5) is 5.69 Å². The summed E-state index contributed by atoms with van der Waals surface area (Å²) in [6.07, 6.45) is 0. The lowest BCUT2D eigenvalue weighted by Crippen LogP contribution is -2.14. The maximum Gasteiger partial charge on any atom is 0.133 e. The molecule has 2 N–H and O–H groups in total. The molecule has 0 saturated carbocycles. The molecule has 0 saturated heterocycles. The van der Waals surface area contributed by atoms with Crippen molar-refractivity contribution in [2.75, 3.05) is 19.0 Å². The molecule has 0 spiro atoms. The second-order valence-corrected chi connectivity index (χ2v) is 6.05. The summed E-state index contributed by atoms with van der Waals surface area (Å²) in [6, 6.07) is 13.4. The third-order valence-corrected chi connectivity index (χ3v) is 4.09. The zero-order valence-corrected chi connectivity index (χ0v) is 14.1. The average Bonchev–Trinajstić information content (AvgIpc) is 2.46. The van der Waals surface area contributed by atoms with Crippen LogP contribution in [0.1, 0.15) is 11.6 Å². The summed E-state index contributed by atoms with van der Waals surface area (Å²) >= 11 is 6.86. The van der Waals surface area contributed by atoms with E-state index in [9.17, 15) is 5.11 Å². The first-order valence-corrected chi connectivity index (χ1v) is 7.69. The quantitative estimate of drug-likeness (QED) is 0.783. The standard InChI is InChI=1S/C15H15Br2NO2/c1-20-15-7-2-10(8-13(15)17)14(9-19)18-12-5-3-11(16)4-6-12/h2-8,14,18-19H,9H2,1H3. The van der Waals surface area contributed by atoms with Crippen molar-refractivity contribution in [2.45, 2.75) is 6.04 Å². The van der Waals surface area contributed by atoms with Crippen LogP contribution in [-0.4, -0.2) is 18.8 Å². The molecule has 0 heterocycles. The SMILES string of the molecule is COc1ccc(C(CO)Nc2ccc(Br)cc2)cc1Br. The molecule has 106 valence electrons. The molecule has 0 bridgehead atoms. The van der Waals surface area contributed by atoms with Gasteiger partial charge in [-0.1, -0.05) is 22.0 Å². The minimum atomic E-state index is -0.168. The molecule has 1 unspecified atom stereocenters. The van der Waals surface area contributed by atoms with Gasteiger partial charge in [-0.25, -0.2) is 0 Å². The van der Waals surface area contributed by atoms with E-state index in [1.165, 1.54) is 0 Å². The van der Waals surface area contributed by atoms with E-state index < -0.39 is 0 Å². The summed E-state index contributed by atoms with van der Waals surface area (Å²) in [7, 11) is 1.63. The molecule has 2 aromatic carbocycles. The van der Waals surface area contributed by atoms with Crippen molar-refractivity contribution in [3.05, 3.63) is 57.0 Å². The summed E-state index contributed by atoms with van der Waals surface area (Å²) in [5.74, 6) is 0.772. The van der Waals surface area contributed by atoms with E-state index >= 15 is 0 Å². The number of halogens is 2. The molecule has 0 aromatic heterocycles. The van der Waals surface area contributed by atoms with E-state index in [0.29, 0.717) is 0 Å². The van der Waals surface area contributed by atoms with Gasteiger partial charge in [0, 0.05) is 10.2 Å². The number of benzene rings is 2. The number of hydrogen-bond donors (Lipinski definition) is 2. The third-order valence-electron chi connectivity index (χ3n) is 2.95. The average molecular weight is 401 g/mol. The predicted molar refractivity (Wildman–Crippen MR) is 88.3 cm³/mol. The van der Waals surface area contributed by atoms with E-state index in [2.05, 4.69) is 37.2 Å². The van der Waals surface area contributed by atoms with Crippen LogP contribution in [0.15, 0.2) is 51.4 Å². The molecule has 0 radical (unpaired) electrons. The number of nitrogens with one attached hydrogen (secondary N) is 1. The Morgan fingerprint density at radius 3 is 2.40 bits per heavy atom. The van der Waals surface area contributed by atoms with Gasteiger partial charge in [-0.05, 0) is 57.9 Å². The lowest BCUT2D eigenvalue weighted by molar-refractivity contribution is 0.276. The molecule has 1 atom stereocenters. The number of methoxy groups -OCH3 is 1. The smallest absolute Gasteiger partial charge is 0.133 e. The molecule has 5 heteroatoms. The van der Waals surface area contributed by atoms with Crippen LogP contribution in [0, 0.1) is 0 Å². The zero-order chi connectivity index (χ0) is 14.5. The summed E-state index contributed by atoms with van der Waals surface area (Å²) in [4.78, 5) is 0. The van der Waals surface area contributed by atoms with Crippen LogP contribution in [0.2, 0.25) is 0 Å². The molecule has 3 nitrogen and oxygen atoms in total. The van der Waals surface area contributed by atoms with Crippen molar-refractivity contribution in [3.8, 4) is 5.75 Å². The van der Waals surface area contributed by atoms with E-state index in [0.717, 1.165) is 25.9 Å². The van der Waals surface area contributed by atoms with Gasteiger partial charge in [0.05, 0.1) is 24.2 Å². The zero-order valence-electron chi connectivity index (χ0n) is 10.9. The summed E-state index contributed by atoms with van der Waals surface area (Å²) < 4.78 is 7.10. The second kappa shape index (κ2) is 7.11. The molecular weight excluding hydrogens is 386 g/mol. The normalized spacial score (nSPS) is 12.0. The maximum atomic E-state index is 9.59. The van der Waals surface area contributed by atoms with Gasteiger partial charge < -0.3 is 15.2 Å². The van der Waals surface area contributed by atoms with Gasteiger partial charge in [0.2, 0.25) is 0 Å². The molecule has 0 aliphatic rings. The van der Waals surface area contributed by atoms with Gasteiger partial charge in [0.15, 0.2) is 0 Å². The molecule has 0 fully saturated rings. The largest absolute Gasteiger partial charge is 0.496 e. The second-order valence-electron chi connectivity index (χ2n) is 4.28. The van der Waals surface area contributed by atoms with Gasteiger partial charge in [-0.15, -0.1) is 0 Å². The molecule has 2 rings (SSSR count). The van der Waals surface area contributed by atoms with Crippen LogP contribution < -0.4 is 10.1 Å². The third kappa shape index (κ3) is 3.75. The molecule has 2 aromatic rings. The van der Waals surface area contributed by atoms with Crippen LogP contribution >= 0.6 is 31.9 Å². The Hall–Kier alpha value is -1.04. The first-order chi connectivity index (χ1) is 9.63. The monoisotopic (exact) mass is 399 g/mol. The summed E-state index contributed by atoms with van der Waals surface area (Å²) in [6.45, 7) is 0.00876. The van der Waals surface area contributed by atoms with Gasteiger partial charge in [-0.3, -0.25) is 0 Å². The van der Waals surface area contributed by atoms with Crippen molar-refractivity contribution in [1.82, 2.24) is 0 Å². The van der Waals surface area contributed by atoms with Crippen molar-refractivity contribution in [2.24, 2.45) is 0 Å². The fraction of sp³-hybridized carbons (Fsp3) is 0.200. The number of ether oxygens (including phenoxy) is 1. The molecule has 0 aliphatic carbocycles. The minimum absolute atomic E-state index is 0.00876.